The zero-order valence-electron chi connectivity index (χ0n) is 13.0. The zero-order valence-corrected chi connectivity index (χ0v) is 13.0. The first-order valence-electron chi connectivity index (χ1n) is 8.21. The standard InChI is InChI=1S/C17H27N3O/c1-2-19-10-11-21-14(12-19)13-20-9-5-7-16(18)15-6-3-4-8-17(15)20/h3-4,6,8,14,16H,2,5,7,9-13,18H2,1H3. The number of nitrogens with zero attached hydrogens (tertiary/aromatic N) is 2. The Bertz CT molecular complexity index is 465. The summed E-state index contributed by atoms with van der Waals surface area (Å²) in [6.07, 6.45) is 2.53. The minimum absolute atomic E-state index is 0.172. The molecule has 2 aliphatic rings. The van der Waals surface area contributed by atoms with Crippen LogP contribution in [0.2, 0.25) is 0 Å². The molecule has 2 atom stereocenters. The van der Waals surface area contributed by atoms with E-state index in [1.807, 2.05) is 0 Å². The van der Waals surface area contributed by atoms with Gasteiger partial charge in [0.1, 0.15) is 0 Å². The summed E-state index contributed by atoms with van der Waals surface area (Å²) in [6, 6.07) is 8.77. The zero-order chi connectivity index (χ0) is 14.7. The highest BCUT2D eigenvalue weighted by molar-refractivity contribution is 5.55. The second-order valence-electron chi connectivity index (χ2n) is 6.14. The predicted octanol–water partition coefficient (Wildman–Crippen LogP) is 2.01. The quantitative estimate of drug-likeness (QED) is 0.924. The summed E-state index contributed by atoms with van der Waals surface area (Å²) in [6.45, 7) is 8.35. The maximum absolute atomic E-state index is 6.32. The largest absolute Gasteiger partial charge is 0.374 e. The Morgan fingerprint density at radius 2 is 2.14 bits per heavy atom. The lowest BCUT2D eigenvalue weighted by Gasteiger charge is -2.36. The van der Waals surface area contributed by atoms with E-state index in [0.717, 1.165) is 52.2 Å². The summed E-state index contributed by atoms with van der Waals surface area (Å²) in [5.41, 5.74) is 8.91. The second kappa shape index (κ2) is 6.77. The van der Waals surface area contributed by atoms with E-state index in [0.29, 0.717) is 6.10 Å². The van der Waals surface area contributed by atoms with E-state index in [-0.39, 0.29) is 6.04 Å². The molecule has 0 aliphatic carbocycles. The summed E-state index contributed by atoms with van der Waals surface area (Å²) in [7, 11) is 0. The van der Waals surface area contributed by atoms with Gasteiger partial charge in [-0.3, -0.25) is 4.90 Å². The molecular weight excluding hydrogens is 262 g/mol. The van der Waals surface area contributed by atoms with Gasteiger partial charge in [0.15, 0.2) is 0 Å². The number of benzene rings is 1. The van der Waals surface area contributed by atoms with E-state index in [4.69, 9.17) is 10.5 Å². The fourth-order valence-corrected chi connectivity index (χ4v) is 3.48. The summed E-state index contributed by atoms with van der Waals surface area (Å²) < 4.78 is 5.98. The molecule has 3 rings (SSSR count). The van der Waals surface area contributed by atoms with Gasteiger partial charge in [0.2, 0.25) is 0 Å². The van der Waals surface area contributed by atoms with Crippen molar-refractivity contribution in [1.82, 2.24) is 4.90 Å². The van der Waals surface area contributed by atoms with Crippen molar-refractivity contribution in [3.8, 4) is 0 Å². The Morgan fingerprint density at radius 3 is 3.00 bits per heavy atom. The topological polar surface area (TPSA) is 41.7 Å². The van der Waals surface area contributed by atoms with Gasteiger partial charge in [-0.1, -0.05) is 25.1 Å². The second-order valence-corrected chi connectivity index (χ2v) is 6.14. The van der Waals surface area contributed by atoms with Gasteiger partial charge in [-0.2, -0.15) is 0 Å². The van der Waals surface area contributed by atoms with Crippen LogP contribution in [0, 0.1) is 0 Å². The Hall–Kier alpha value is -1.10. The molecule has 1 fully saturated rings. The summed E-state index contributed by atoms with van der Waals surface area (Å²) in [4.78, 5) is 4.95. The molecule has 0 spiro atoms. The molecule has 2 N–H and O–H groups in total. The molecule has 1 saturated heterocycles. The molecule has 0 aromatic heterocycles. The van der Waals surface area contributed by atoms with Crippen molar-refractivity contribution in [3.05, 3.63) is 29.8 Å². The Kier molecular flexibility index (Phi) is 4.78. The van der Waals surface area contributed by atoms with Crippen LogP contribution >= 0.6 is 0 Å². The average molecular weight is 289 g/mol. The highest BCUT2D eigenvalue weighted by Crippen LogP contribution is 2.31. The molecule has 2 aliphatic heterocycles. The summed E-state index contributed by atoms with van der Waals surface area (Å²) in [5.74, 6) is 0. The smallest absolute Gasteiger partial charge is 0.0877 e. The van der Waals surface area contributed by atoms with Gasteiger partial charge in [-0.25, -0.2) is 0 Å². The first-order chi connectivity index (χ1) is 10.3. The van der Waals surface area contributed by atoms with Gasteiger partial charge in [-0.05, 0) is 31.0 Å². The molecule has 1 aromatic rings. The number of nitrogens with two attached hydrogens (primary N) is 1. The van der Waals surface area contributed by atoms with Crippen LogP contribution in [0.3, 0.4) is 0 Å². The van der Waals surface area contributed by atoms with Crippen molar-refractivity contribution in [1.29, 1.82) is 0 Å². The van der Waals surface area contributed by atoms with Crippen molar-refractivity contribution in [2.75, 3.05) is 44.2 Å². The number of likely N-dealkylation sites (N-methyl/N-ethyl adjacent to an activating group) is 1. The van der Waals surface area contributed by atoms with E-state index in [1.54, 1.807) is 0 Å². The monoisotopic (exact) mass is 289 g/mol. The third-order valence-electron chi connectivity index (χ3n) is 4.71. The van der Waals surface area contributed by atoms with Crippen molar-refractivity contribution in [2.24, 2.45) is 5.73 Å². The van der Waals surface area contributed by atoms with Crippen molar-refractivity contribution in [2.45, 2.75) is 31.9 Å². The first kappa shape index (κ1) is 14.8. The van der Waals surface area contributed by atoms with Crippen LogP contribution < -0.4 is 10.6 Å². The molecule has 0 amide bonds. The number of anilines is 1. The van der Waals surface area contributed by atoms with Crippen molar-refractivity contribution in [3.63, 3.8) is 0 Å². The maximum atomic E-state index is 6.32. The molecule has 2 heterocycles. The number of hydrogen-bond donors (Lipinski definition) is 1. The fourth-order valence-electron chi connectivity index (χ4n) is 3.48. The Balaban J connectivity index is 1.74. The molecule has 4 nitrogen and oxygen atoms in total. The van der Waals surface area contributed by atoms with Crippen LogP contribution in [-0.4, -0.2) is 50.3 Å². The van der Waals surface area contributed by atoms with Gasteiger partial charge < -0.3 is 15.4 Å². The van der Waals surface area contributed by atoms with E-state index in [9.17, 15) is 0 Å². The number of ether oxygens (including phenoxy) is 1. The SMILES string of the molecule is CCN1CCOC(CN2CCCC(N)c3ccccc32)C1. The number of rotatable bonds is 3. The third kappa shape index (κ3) is 3.39. The van der Waals surface area contributed by atoms with Gasteiger partial charge >= 0.3 is 0 Å². The molecule has 1 aromatic carbocycles. The van der Waals surface area contributed by atoms with Crippen LogP contribution in [0.15, 0.2) is 24.3 Å². The minimum Gasteiger partial charge on any atom is -0.374 e. The van der Waals surface area contributed by atoms with Crippen molar-refractivity contribution < 1.29 is 4.74 Å². The highest BCUT2D eigenvalue weighted by atomic mass is 16.5. The number of hydrogen-bond acceptors (Lipinski definition) is 4. The van der Waals surface area contributed by atoms with Crippen LogP contribution in [0.5, 0.6) is 0 Å². The van der Waals surface area contributed by atoms with Gasteiger partial charge in [0.25, 0.3) is 0 Å². The number of fused-ring (bicyclic) bond motifs is 1. The van der Waals surface area contributed by atoms with E-state index in [2.05, 4.69) is 41.0 Å². The van der Waals surface area contributed by atoms with E-state index < -0.39 is 0 Å². The fraction of sp³-hybridized carbons (Fsp3) is 0.647. The predicted molar refractivity (Wildman–Crippen MR) is 86.7 cm³/mol. The Labute approximate surface area is 127 Å². The van der Waals surface area contributed by atoms with Crippen LogP contribution in [0.1, 0.15) is 31.4 Å². The molecule has 2 unspecified atom stereocenters. The van der Waals surface area contributed by atoms with Crippen LogP contribution in [0.25, 0.3) is 0 Å². The van der Waals surface area contributed by atoms with Crippen LogP contribution in [-0.2, 0) is 4.74 Å². The molecule has 0 saturated carbocycles. The highest BCUT2D eigenvalue weighted by Gasteiger charge is 2.25. The lowest BCUT2D eigenvalue weighted by atomic mass is 10.0. The Morgan fingerprint density at radius 1 is 1.29 bits per heavy atom. The lowest BCUT2D eigenvalue weighted by molar-refractivity contribution is -0.0220. The minimum atomic E-state index is 0.172. The molecule has 0 radical (unpaired) electrons. The first-order valence-corrected chi connectivity index (χ1v) is 8.21. The lowest BCUT2D eigenvalue weighted by Crippen LogP contribution is -2.47. The van der Waals surface area contributed by atoms with Crippen LogP contribution in [0.4, 0.5) is 5.69 Å². The maximum Gasteiger partial charge on any atom is 0.0877 e. The number of morpholine rings is 1. The molecule has 116 valence electrons. The molecule has 4 heteroatoms. The third-order valence-corrected chi connectivity index (χ3v) is 4.71. The average Bonchev–Trinajstić information content (AvgIpc) is 2.68. The van der Waals surface area contributed by atoms with Gasteiger partial charge in [0, 0.05) is 37.9 Å². The summed E-state index contributed by atoms with van der Waals surface area (Å²) >= 11 is 0. The molecule has 0 bridgehead atoms. The van der Waals surface area contributed by atoms with E-state index >= 15 is 0 Å². The number of para-hydroxylation sites is 1. The molecule has 21 heavy (non-hydrogen) atoms. The van der Waals surface area contributed by atoms with Gasteiger partial charge in [-0.15, -0.1) is 0 Å². The summed E-state index contributed by atoms with van der Waals surface area (Å²) in [5, 5.41) is 0. The molecular formula is C17H27N3O. The van der Waals surface area contributed by atoms with Gasteiger partial charge in [0.05, 0.1) is 12.7 Å². The van der Waals surface area contributed by atoms with E-state index in [1.165, 1.54) is 11.3 Å². The normalized spacial score (nSPS) is 27.2. The van der Waals surface area contributed by atoms with Crippen molar-refractivity contribution >= 4 is 5.69 Å².